The van der Waals surface area contributed by atoms with Gasteiger partial charge in [-0.1, -0.05) is 24.3 Å². The van der Waals surface area contributed by atoms with Crippen molar-refractivity contribution in [3.05, 3.63) is 66.2 Å². The summed E-state index contributed by atoms with van der Waals surface area (Å²) in [6.07, 6.45) is 2.11. The third-order valence-electron chi connectivity index (χ3n) is 4.33. The average molecular weight is 346 g/mol. The summed E-state index contributed by atoms with van der Waals surface area (Å²) in [7, 11) is 1.99. The van der Waals surface area contributed by atoms with Crippen LogP contribution in [0.2, 0.25) is 0 Å². The highest BCUT2D eigenvalue weighted by atomic mass is 16.1. The summed E-state index contributed by atoms with van der Waals surface area (Å²) in [5, 5.41) is 9.59. The molecule has 2 aromatic carbocycles. The fraction of sp³-hybridized carbons (Fsp3) is 0.158. The zero-order valence-electron chi connectivity index (χ0n) is 14.3. The van der Waals surface area contributed by atoms with E-state index in [-0.39, 0.29) is 5.91 Å². The number of nitrogens with zero attached hydrogens (tertiary/aromatic N) is 4. The molecule has 0 aliphatic rings. The lowest BCUT2D eigenvalue weighted by Gasteiger charge is -2.07. The van der Waals surface area contributed by atoms with Gasteiger partial charge in [0.1, 0.15) is 12.2 Å². The number of aromatic nitrogens is 5. The van der Waals surface area contributed by atoms with E-state index in [2.05, 4.69) is 30.0 Å². The van der Waals surface area contributed by atoms with Gasteiger partial charge in [0.25, 0.3) is 5.91 Å². The average Bonchev–Trinajstić information content (AvgIpc) is 3.31. The molecule has 4 rings (SSSR count). The second kappa shape index (κ2) is 6.79. The van der Waals surface area contributed by atoms with Crippen LogP contribution in [0.1, 0.15) is 16.2 Å². The SMILES string of the molecule is Cn1c(CCNC(=O)c2cccc(-c3ncn[nH]3)c2)nc2ccccc21. The molecule has 0 atom stereocenters. The molecule has 0 radical (unpaired) electrons. The Hall–Kier alpha value is -3.48. The van der Waals surface area contributed by atoms with Gasteiger partial charge in [-0.2, -0.15) is 5.10 Å². The predicted molar refractivity (Wildman–Crippen MR) is 98.6 cm³/mol. The van der Waals surface area contributed by atoms with Crippen LogP contribution in [0.3, 0.4) is 0 Å². The maximum absolute atomic E-state index is 12.4. The van der Waals surface area contributed by atoms with Gasteiger partial charge in [0.05, 0.1) is 11.0 Å². The molecule has 1 amide bonds. The van der Waals surface area contributed by atoms with Crippen molar-refractivity contribution in [3.8, 4) is 11.4 Å². The Morgan fingerprint density at radius 3 is 2.88 bits per heavy atom. The standard InChI is InChI=1S/C19H18N6O/c1-25-16-8-3-2-7-15(16)23-17(25)9-10-20-19(26)14-6-4-5-13(11-14)18-21-12-22-24-18/h2-8,11-12H,9-10H2,1H3,(H,20,26)(H,21,22,24). The van der Waals surface area contributed by atoms with E-state index >= 15 is 0 Å². The normalized spacial score (nSPS) is 11.0. The molecule has 130 valence electrons. The Bertz CT molecular complexity index is 1050. The molecule has 0 unspecified atom stereocenters. The second-order valence-corrected chi connectivity index (χ2v) is 6.00. The van der Waals surface area contributed by atoms with Gasteiger partial charge in [-0.3, -0.25) is 9.89 Å². The number of hydrogen-bond donors (Lipinski definition) is 2. The molecule has 0 saturated carbocycles. The van der Waals surface area contributed by atoms with Crippen LogP contribution < -0.4 is 5.32 Å². The monoisotopic (exact) mass is 346 g/mol. The Morgan fingerprint density at radius 2 is 2.08 bits per heavy atom. The number of benzene rings is 2. The molecule has 7 nitrogen and oxygen atoms in total. The summed E-state index contributed by atoms with van der Waals surface area (Å²) in [5.74, 6) is 1.46. The number of carbonyl (C=O) groups excluding carboxylic acids is 1. The van der Waals surface area contributed by atoms with Crippen LogP contribution >= 0.6 is 0 Å². The number of aryl methyl sites for hydroxylation is 1. The van der Waals surface area contributed by atoms with Crippen LogP contribution in [0.15, 0.2) is 54.9 Å². The fourth-order valence-electron chi connectivity index (χ4n) is 2.96. The van der Waals surface area contributed by atoms with Gasteiger partial charge in [-0.25, -0.2) is 9.97 Å². The number of nitrogens with one attached hydrogen (secondary N) is 2. The second-order valence-electron chi connectivity index (χ2n) is 6.00. The number of aromatic amines is 1. The number of para-hydroxylation sites is 2. The van der Waals surface area contributed by atoms with Gasteiger partial charge in [-0.05, 0) is 24.3 Å². The summed E-state index contributed by atoms with van der Waals surface area (Å²) in [5.41, 5.74) is 3.47. The Labute approximate surface area is 150 Å². The Kier molecular flexibility index (Phi) is 4.18. The lowest BCUT2D eigenvalue weighted by Crippen LogP contribution is -2.26. The molecule has 0 fully saturated rings. The number of H-pyrrole nitrogens is 1. The molecule has 0 bridgehead atoms. The molecule has 2 N–H and O–H groups in total. The minimum Gasteiger partial charge on any atom is -0.352 e. The van der Waals surface area contributed by atoms with E-state index in [1.54, 1.807) is 12.1 Å². The smallest absolute Gasteiger partial charge is 0.251 e. The summed E-state index contributed by atoms with van der Waals surface area (Å²) < 4.78 is 2.06. The fourth-order valence-corrected chi connectivity index (χ4v) is 2.96. The van der Waals surface area contributed by atoms with Crippen molar-refractivity contribution in [1.82, 2.24) is 30.0 Å². The van der Waals surface area contributed by atoms with Crippen molar-refractivity contribution in [1.29, 1.82) is 0 Å². The van der Waals surface area contributed by atoms with Crippen molar-refractivity contribution < 1.29 is 4.79 Å². The van der Waals surface area contributed by atoms with Crippen LogP contribution in [0.25, 0.3) is 22.4 Å². The maximum Gasteiger partial charge on any atom is 0.251 e. The first-order chi connectivity index (χ1) is 12.7. The van der Waals surface area contributed by atoms with Crippen LogP contribution in [0.4, 0.5) is 0 Å². The molecule has 0 spiro atoms. The van der Waals surface area contributed by atoms with E-state index in [9.17, 15) is 4.79 Å². The third kappa shape index (κ3) is 3.06. The van der Waals surface area contributed by atoms with Crippen LogP contribution in [-0.4, -0.2) is 37.2 Å². The Morgan fingerprint density at radius 1 is 1.19 bits per heavy atom. The lowest BCUT2D eigenvalue weighted by atomic mass is 10.1. The van der Waals surface area contributed by atoms with Crippen LogP contribution in [-0.2, 0) is 13.5 Å². The minimum atomic E-state index is -0.120. The number of rotatable bonds is 5. The van der Waals surface area contributed by atoms with Crippen LogP contribution in [0, 0.1) is 0 Å². The van der Waals surface area contributed by atoms with E-state index in [4.69, 9.17) is 0 Å². The topological polar surface area (TPSA) is 88.5 Å². The van der Waals surface area contributed by atoms with Crippen molar-refractivity contribution >= 4 is 16.9 Å². The van der Waals surface area contributed by atoms with Crippen molar-refractivity contribution in [2.24, 2.45) is 7.05 Å². The first-order valence-electron chi connectivity index (χ1n) is 8.37. The molecular weight excluding hydrogens is 328 g/mol. The van der Waals surface area contributed by atoms with E-state index in [0.717, 1.165) is 22.4 Å². The molecule has 2 aromatic heterocycles. The maximum atomic E-state index is 12.4. The first kappa shape index (κ1) is 16.0. The molecule has 26 heavy (non-hydrogen) atoms. The highest BCUT2D eigenvalue weighted by Gasteiger charge is 2.10. The summed E-state index contributed by atoms with van der Waals surface area (Å²) >= 11 is 0. The van der Waals surface area contributed by atoms with E-state index in [1.807, 2.05) is 43.4 Å². The van der Waals surface area contributed by atoms with Gasteiger partial charge in [0.2, 0.25) is 0 Å². The van der Waals surface area contributed by atoms with Crippen molar-refractivity contribution in [2.45, 2.75) is 6.42 Å². The number of hydrogen-bond acceptors (Lipinski definition) is 4. The molecule has 0 aliphatic heterocycles. The van der Waals surface area contributed by atoms with Crippen LogP contribution in [0.5, 0.6) is 0 Å². The number of fused-ring (bicyclic) bond motifs is 1. The zero-order valence-corrected chi connectivity index (χ0v) is 14.3. The van der Waals surface area contributed by atoms with E-state index in [0.29, 0.717) is 24.4 Å². The van der Waals surface area contributed by atoms with Gasteiger partial charge >= 0.3 is 0 Å². The van der Waals surface area contributed by atoms with E-state index < -0.39 is 0 Å². The summed E-state index contributed by atoms with van der Waals surface area (Å²) in [6.45, 7) is 0.516. The van der Waals surface area contributed by atoms with Crippen molar-refractivity contribution in [2.75, 3.05) is 6.54 Å². The number of amides is 1. The highest BCUT2D eigenvalue weighted by molar-refractivity contribution is 5.95. The molecule has 4 aromatic rings. The number of imidazole rings is 1. The molecular formula is C19H18N6O. The Balaban J connectivity index is 1.42. The minimum absolute atomic E-state index is 0.120. The molecule has 2 heterocycles. The highest BCUT2D eigenvalue weighted by Crippen LogP contribution is 2.16. The quantitative estimate of drug-likeness (QED) is 0.580. The molecule has 7 heteroatoms. The van der Waals surface area contributed by atoms with Gasteiger partial charge < -0.3 is 9.88 Å². The van der Waals surface area contributed by atoms with Gasteiger partial charge in [0, 0.05) is 31.1 Å². The van der Waals surface area contributed by atoms with Gasteiger partial charge in [0.15, 0.2) is 5.82 Å². The van der Waals surface area contributed by atoms with Gasteiger partial charge in [-0.15, -0.1) is 0 Å². The lowest BCUT2D eigenvalue weighted by molar-refractivity contribution is 0.0954. The zero-order chi connectivity index (χ0) is 17.9. The summed E-state index contributed by atoms with van der Waals surface area (Å²) in [6, 6.07) is 15.3. The van der Waals surface area contributed by atoms with E-state index in [1.165, 1.54) is 6.33 Å². The third-order valence-corrected chi connectivity index (χ3v) is 4.33. The number of carbonyl (C=O) groups is 1. The summed E-state index contributed by atoms with van der Waals surface area (Å²) in [4.78, 5) is 21.2. The molecule has 0 saturated heterocycles. The molecule has 0 aliphatic carbocycles. The van der Waals surface area contributed by atoms with Crippen molar-refractivity contribution in [3.63, 3.8) is 0 Å². The first-order valence-corrected chi connectivity index (χ1v) is 8.37. The largest absolute Gasteiger partial charge is 0.352 e. The predicted octanol–water partition coefficient (Wildman–Crippen LogP) is 2.33.